The average molecular weight is 270 g/mol. The Morgan fingerprint density at radius 2 is 2.35 bits per heavy atom. The van der Waals surface area contributed by atoms with Crippen LogP contribution in [0.1, 0.15) is 37.8 Å². The fourth-order valence-electron chi connectivity index (χ4n) is 2.92. The van der Waals surface area contributed by atoms with Crippen molar-refractivity contribution in [1.29, 1.82) is 0 Å². The first kappa shape index (κ1) is 13.5. The van der Waals surface area contributed by atoms with E-state index in [4.69, 9.17) is 4.74 Å². The minimum Gasteiger partial charge on any atom is -0.376 e. The molecule has 2 aromatic rings. The lowest BCUT2D eigenvalue weighted by atomic mass is 9.97. The van der Waals surface area contributed by atoms with Gasteiger partial charge in [-0.2, -0.15) is 0 Å². The Balaban J connectivity index is 1.90. The van der Waals surface area contributed by atoms with E-state index in [2.05, 4.69) is 41.5 Å². The molecule has 3 rings (SSSR count). The topological polar surface area (TPSA) is 34.2 Å². The number of benzene rings is 1. The average Bonchev–Trinajstić information content (AvgIpc) is 3.02. The maximum absolute atomic E-state index is 5.90. The normalized spacial score (nSPS) is 20.4. The van der Waals surface area contributed by atoms with Gasteiger partial charge in [-0.15, -0.1) is 0 Å². The molecule has 1 aliphatic rings. The van der Waals surface area contributed by atoms with E-state index in [1.165, 1.54) is 17.4 Å². The Labute approximate surface area is 120 Å². The van der Waals surface area contributed by atoms with Crippen LogP contribution < -0.4 is 5.32 Å². The van der Waals surface area contributed by atoms with Gasteiger partial charge in [0.15, 0.2) is 0 Å². The molecular formula is C17H22N2O. The van der Waals surface area contributed by atoms with E-state index >= 15 is 0 Å². The summed E-state index contributed by atoms with van der Waals surface area (Å²) < 4.78 is 5.90. The van der Waals surface area contributed by atoms with E-state index in [1.54, 1.807) is 0 Å². The molecule has 20 heavy (non-hydrogen) atoms. The van der Waals surface area contributed by atoms with E-state index in [1.807, 2.05) is 12.3 Å². The predicted molar refractivity (Wildman–Crippen MR) is 81.8 cm³/mol. The van der Waals surface area contributed by atoms with Gasteiger partial charge >= 0.3 is 0 Å². The minimum atomic E-state index is 0.294. The Morgan fingerprint density at radius 3 is 3.15 bits per heavy atom. The van der Waals surface area contributed by atoms with E-state index in [0.717, 1.165) is 31.5 Å². The highest BCUT2D eigenvalue weighted by atomic mass is 16.5. The van der Waals surface area contributed by atoms with Crippen LogP contribution in [0.3, 0.4) is 0 Å². The molecule has 1 aromatic heterocycles. The number of hydrogen-bond acceptors (Lipinski definition) is 3. The van der Waals surface area contributed by atoms with Gasteiger partial charge in [0.2, 0.25) is 0 Å². The molecule has 2 heterocycles. The maximum atomic E-state index is 5.90. The Bertz CT molecular complexity index is 564. The quantitative estimate of drug-likeness (QED) is 0.903. The lowest BCUT2D eigenvalue weighted by Crippen LogP contribution is -2.32. The van der Waals surface area contributed by atoms with Crippen molar-refractivity contribution in [2.75, 3.05) is 13.2 Å². The summed E-state index contributed by atoms with van der Waals surface area (Å²) in [6.45, 7) is 4.11. The smallest absolute Gasteiger partial charge is 0.0770 e. The third-order valence-electron chi connectivity index (χ3n) is 3.94. The number of ether oxygens (including phenoxy) is 1. The second-order valence-corrected chi connectivity index (χ2v) is 5.44. The molecule has 1 fully saturated rings. The van der Waals surface area contributed by atoms with E-state index in [9.17, 15) is 0 Å². The van der Waals surface area contributed by atoms with Crippen LogP contribution in [-0.2, 0) is 4.74 Å². The highest BCUT2D eigenvalue weighted by molar-refractivity contribution is 5.79. The summed E-state index contributed by atoms with van der Waals surface area (Å²) in [6, 6.07) is 11.0. The van der Waals surface area contributed by atoms with Gasteiger partial charge in [0, 0.05) is 18.2 Å². The number of nitrogens with zero attached hydrogens (tertiary/aromatic N) is 1. The van der Waals surface area contributed by atoms with Crippen LogP contribution in [0.25, 0.3) is 10.9 Å². The van der Waals surface area contributed by atoms with E-state index in [-0.39, 0.29) is 0 Å². The van der Waals surface area contributed by atoms with Gasteiger partial charge in [0.1, 0.15) is 0 Å². The highest BCUT2D eigenvalue weighted by Crippen LogP contribution is 2.28. The first-order valence-electron chi connectivity index (χ1n) is 7.58. The zero-order valence-electron chi connectivity index (χ0n) is 12.0. The zero-order valence-corrected chi connectivity index (χ0v) is 12.0. The minimum absolute atomic E-state index is 0.294. The van der Waals surface area contributed by atoms with Crippen molar-refractivity contribution in [1.82, 2.24) is 10.3 Å². The lowest BCUT2D eigenvalue weighted by Gasteiger charge is -2.25. The van der Waals surface area contributed by atoms with Crippen molar-refractivity contribution in [3.63, 3.8) is 0 Å². The molecular weight excluding hydrogens is 248 g/mol. The van der Waals surface area contributed by atoms with Gasteiger partial charge in [-0.05, 0) is 49.6 Å². The van der Waals surface area contributed by atoms with Crippen LogP contribution in [-0.4, -0.2) is 24.2 Å². The van der Waals surface area contributed by atoms with Crippen LogP contribution in [0.15, 0.2) is 36.5 Å². The number of pyridine rings is 1. The summed E-state index contributed by atoms with van der Waals surface area (Å²) in [7, 11) is 0. The maximum Gasteiger partial charge on any atom is 0.0770 e. The zero-order chi connectivity index (χ0) is 13.8. The molecule has 2 atom stereocenters. The molecule has 0 aliphatic carbocycles. The van der Waals surface area contributed by atoms with Crippen molar-refractivity contribution >= 4 is 10.9 Å². The molecule has 1 N–H and O–H groups in total. The summed E-state index contributed by atoms with van der Waals surface area (Å²) in [5.74, 6) is 0. The molecule has 0 amide bonds. The Morgan fingerprint density at radius 1 is 1.40 bits per heavy atom. The number of hydrogen-bond donors (Lipinski definition) is 1. The molecule has 0 radical (unpaired) electrons. The van der Waals surface area contributed by atoms with Crippen LogP contribution in [0.2, 0.25) is 0 Å². The molecule has 0 saturated carbocycles. The SMILES string of the molecule is CCCNC(c1ccc2ncccc2c1)C1CCCO1. The number of rotatable bonds is 5. The van der Waals surface area contributed by atoms with Crippen LogP contribution in [0, 0.1) is 0 Å². The van der Waals surface area contributed by atoms with Crippen molar-refractivity contribution in [2.24, 2.45) is 0 Å². The van der Waals surface area contributed by atoms with Crippen molar-refractivity contribution in [3.05, 3.63) is 42.1 Å². The monoisotopic (exact) mass is 270 g/mol. The number of nitrogens with one attached hydrogen (secondary N) is 1. The second-order valence-electron chi connectivity index (χ2n) is 5.44. The van der Waals surface area contributed by atoms with Gasteiger partial charge in [-0.1, -0.05) is 19.1 Å². The van der Waals surface area contributed by atoms with Gasteiger partial charge < -0.3 is 10.1 Å². The molecule has 1 saturated heterocycles. The van der Waals surface area contributed by atoms with Crippen molar-refractivity contribution < 1.29 is 4.74 Å². The van der Waals surface area contributed by atoms with E-state index in [0.29, 0.717) is 12.1 Å². The fourth-order valence-corrected chi connectivity index (χ4v) is 2.92. The summed E-state index contributed by atoms with van der Waals surface area (Å²) in [5.41, 5.74) is 2.36. The fraction of sp³-hybridized carbons (Fsp3) is 0.471. The Kier molecular flexibility index (Phi) is 4.28. The van der Waals surface area contributed by atoms with Gasteiger partial charge in [-0.3, -0.25) is 4.98 Å². The van der Waals surface area contributed by atoms with Gasteiger partial charge in [0.05, 0.1) is 17.7 Å². The summed E-state index contributed by atoms with van der Waals surface area (Å²) in [4.78, 5) is 4.39. The van der Waals surface area contributed by atoms with E-state index < -0.39 is 0 Å². The second kappa shape index (κ2) is 6.33. The summed E-state index contributed by atoms with van der Waals surface area (Å²) >= 11 is 0. The molecule has 106 valence electrons. The Hall–Kier alpha value is -1.45. The molecule has 3 nitrogen and oxygen atoms in total. The molecule has 1 aliphatic heterocycles. The first-order valence-corrected chi connectivity index (χ1v) is 7.58. The number of aromatic nitrogens is 1. The first-order chi connectivity index (χ1) is 9.88. The highest BCUT2D eigenvalue weighted by Gasteiger charge is 2.26. The molecule has 3 heteroatoms. The molecule has 0 spiro atoms. The largest absolute Gasteiger partial charge is 0.376 e. The third-order valence-corrected chi connectivity index (χ3v) is 3.94. The van der Waals surface area contributed by atoms with Crippen molar-refractivity contribution in [2.45, 2.75) is 38.3 Å². The van der Waals surface area contributed by atoms with Crippen molar-refractivity contribution in [3.8, 4) is 0 Å². The lowest BCUT2D eigenvalue weighted by molar-refractivity contribution is 0.0783. The molecule has 2 unspecified atom stereocenters. The number of fused-ring (bicyclic) bond motifs is 1. The van der Waals surface area contributed by atoms with Gasteiger partial charge in [0.25, 0.3) is 0 Å². The van der Waals surface area contributed by atoms with Crippen LogP contribution in [0.4, 0.5) is 0 Å². The van der Waals surface area contributed by atoms with Crippen LogP contribution in [0.5, 0.6) is 0 Å². The summed E-state index contributed by atoms with van der Waals surface area (Å²) in [5, 5.41) is 4.85. The predicted octanol–water partition coefficient (Wildman–Crippen LogP) is 3.45. The molecule has 1 aromatic carbocycles. The van der Waals surface area contributed by atoms with Gasteiger partial charge in [-0.25, -0.2) is 0 Å². The third kappa shape index (κ3) is 2.84. The van der Waals surface area contributed by atoms with Crippen LogP contribution >= 0.6 is 0 Å². The molecule has 0 bridgehead atoms. The standard InChI is InChI=1S/C17H22N2O/c1-2-9-19-17(16-6-4-11-20-16)14-7-8-15-13(12-14)5-3-10-18-15/h3,5,7-8,10,12,16-17,19H,2,4,6,9,11H2,1H3. The summed E-state index contributed by atoms with van der Waals surface area (Å²) in [6.07, 6.45) is 5.60.